The number of nitro benzene ring substituents is 1. The van der Waals surface area contributed by atoms with E-state index >= 15 is 0 Å². The highest BCUT2D eigenvalue weighted by atomic mass is 19.3. The van der Waals surface area contributed by atoms with Gasteiger partial charge in [0.15, 0.2) is 11.5 Å². The number of carbonyl (C=O) groups is 1. The molecule has 3 rings (SSSR count). The van der Waals surface area contributed by atoms with Crippen LogP contribution in [-0.4, -0.2) is 27.7 Å². The van der Waals surface area contributed by atoms with Gasteiger partial charge >= 0.3 is 0 Å². The number of alkyl halides is 2. The third-order valence-corrected chi connectivity index (χ3v) is 4.13. The minimum absolute atomic E-state index is 0.0616. The van der Waals surface area contributed by atoms with Gasteiger partial charge in [-0.2, -0.15) is 5.10 Å². The maximum atomic E-state index is 13.1. The molecule has 0 aliphatic heterocycles. The van der Waals surface area contributed by atoms with E-state index in [0.29, 0.717) is 17.2 Å². The number of aromatic nitrogens is 2. The van der Waals surface area contributed by atoms with Crippen LogP contribution >= 0.6 is 0 Å². The highest BCUT2D eigenvalue weighted by molar-refractivity contribution is 5.91. The average Bonchev–Trinajstić information content (AvgIpc) is 3.08. The SMILES string of the molecule is COc1ccccc1Oc1cc(NC(=O)Cn2nc(C)cc2C(F)F)cc([N+](=O)[O-])c1. The third kappa shape index (κ3) is 5.32. The lowest BCUT2D eigenvalue weighted by Gasteiger charge is -2.12. The first-order valence-corrected chi connectivity index (χ1v) is 8.99. The second-order valence-electron chi connectivity index (χ2n) is 6.44. The first-order chi connectivity index (χ1) is 14.8. The van der Waals surface area contributed by atoms with Crippen molar-refractivity contribution in [3.63, 3.8) is 0 Å². The molecule has 9 nitrogen and oxygen atoms in total. The Kier molecular flexibility index (Phi) is 6.43. The van der Waals surface area contributed by atoms with Gasteiger partial charge in [0, 0.05) is 12.1 Å². The molecule has 0 aliphatic rings. The minimum atomic E-state index is -2.80. The Bertz CT molecular complexity index is 1120. The number of nitrogens with zero attached hydrogens (tertiary/aromatic N) is 3. The second-order valence-corrected chi connectivity index (χ2v) is 6.44. The van der Waals surface area contributed by atoms with Crippen LogP contribution in [0.5, 0.6) is 17.2 Å². The molecule has 1 heterocycles. The molecule has 0 radical (unpaired) electrons. The Morgan fingerprint density at radius 3 is 2.58 bits per heavy atom. The highest BCUT2D eigenvalue weighted by Crippen LogP contribution is 2.34. The van der Waals surface area contributed by atoms with E-state index < -0.39 is 29.5 Å². The molecule has 0 bridgehead atoms. The van der Waals surface area contributed by atoms with Crippen molar-refractivity contribution in [2.24, 2.45) is 0 Å². The van der Waals surface area contributed by atoms with Crippen molar-refractivity contribution in [1.82, 2.24) is 9.78 Å². The standard InChI is InChI=1S/C20H18F2N4O5/c1-12-7-16(20(21)22)25(24-12)11-19(27)23-13-8-14(26(28)29)10-15(9-13)31-18-6-4-3-5-17(18)30-2/h3-10,20H,11H2,1-2H3,(H,23,27). The number of benzene rings is 2. The maximum Gasteiger partial charge on any atom is 0.280 e. The van der Waals surface area contributed by atoms with Gasteiger partial charge in [0.25, 0.3) is 12.1 Å². The Balaban J connectivity index is 1.84. The van der Waals surface area contributed by atoms with Crippen LogP contribution in [0.25, 0.3) is 0 Å². The molecule has 1 aromatic heterocycles. The van der Waals surface area contributed by atoms with Crippen LogP contribution in [0.2, 0.25) is 0 Å². The number of anilines is 1. The molecule has 0 unspecified atom stereocenters. The maximum absolute atomic E-state index is 13.1. The van der Waals surface area contributed by atoms with Crippen molar-refractivity contribution in [1.29, 1.82) is 0 Å². The highest BCUT2D eigenvalue weighted by Gasteiger charge is 2.19. The summed E-state index contributed by atoms with van der Waals surface area (Å²) in [5.74, 6) is 0.121. The first-order valence-electron chi connectivity index (χ1n) is 8.99. The second kappa shape index (κ2) is 9.20. The van der Waals surface area contributed by atoms with Gasteiger partial charge in [0.2, 0.25) is 5.91 Å². The molecule has 0 saturated heterocycles. The predicted octanol–water partition coefficient (Wildman–Crippen LogP) is 4.48. The quantitative estimate of drug-likeness (QED) is 0.415. The van der Waals surface area contributed by atoms with Crippen LogP contribution in [0.4, 0.5) is 20.2 Å². The van der Waals surface area contributed by atoms with Crippen LogP contribution in [0.1, 0.15) is 17.8 Å². The zero-order valence-electron chi connectivity index (χ0n) is 16.5. The third-order valence-electron chi connectivity index (χ3n) is 4.13. The van der Waals surface area contributed by atoms with E-state index in [1.165, 1.54) is 32.2 Å². The van der Waals surface area contributed by atoms with Gasteiger partial charge < -0.3 is 14.8 Å². The lowest BCUT2D eigenvalue weighted by atomic mass is 10.2. The summed E-state index contributed by atoms with van der Waals surface area (Å²) in [5.41, 5.74) is -0.324. The molecule has 11 heteroatoms. The normalized spacial score (nSPS) is 10.7. The number of nitrogens with one attached hydrogen (secondary N) is 1. The number of ether oxygens (including phenoxy) is 2. The van der Waals surface area contributed by atoms with Gasteiger partial charge in [-0.15, -0.1) is 0 Å². The number of methoxy groups -OCH3 is 1. The number of hydrogen-bond acceptors (Lipinski definition) is 6. The lowest BCUT2D eigenvalue weighted by Crippen LogP contribution is -2.21. The Morgan fingerprint density at radius 1 is 1.23 bits per heavy atom. The summed E-state index contributed by atoms with van der Waals surface area (Å²) in [6.07, 6.45) is -2.80. The smallest absolute Gasteiger partial charge is 0.280 e. The molecule has 0 saturated carbocycles. The number of nitro groups is 1. The van der Waals surface area contributed by atoms with Crippen molar-refractivity contribution >= 4 is 17.3 Å². The van der Waals surface area contributed by atoms with Crippen molar-refractivity contribution in [3.8, 4) is 17.2 Å². The molecule has 0 fully saturated rings. The van der Waals surface area contributed by atoms with Crippen LogP contribution in [-0.2, 0) is 11.3 Å². The molecule has 0 spiro atoms. The van der Waals surface area contributed by atoms with Gasteiger partial charge in [0.1, 0.15) is 18.0 Å². The molecule has 0 aliphatic carbocycles. The van der Waals surface area contributed by atoms with Gasteiger partial charge in [-0.25, -0.2) is 8.78 Å². The summed E-state index contributed by atoms with van der Waals surface area (Å²) in [6.45, 7) is 1.04. The summed E-state index contributed by atoms with van der Waals surface area (Å²) < 4.78 is 37.9. The first kappa shape index (κ1) is 21.7. The zero-order valence-corrected chi connectivity index (χ0v) is 16.5. The fourth-order valence-corrected chi connectivity index (χ4v) is 2.85. The number of hydrogen-bond donors (Lipinski definition) is 1. The van der Waals surface area contributed by atoms with Crippen molar-refractivity contribution in [2.75, 3.05) is 12.4 Å². The summed E-state index contributed by atoms with van der Waals surface area (Å²) in [6, 6.07) is 11.6. The number of non-ortho nitro benzene ring substituents is 1. The van der Waals surface area contributed by atoms with Gasteiger partial charge in [-0.05, 0) is 25.1 Å². The number of para-hydroxylation sites is 2. The molecule has 1 amide bonds. The number of aryl methyl sites for hydroxylation is 1. The summed E-state index contributed by atoms with van der Waals surface area (Å²) in [7, 11) is 1.45. The number of carbonyl (C=O) groups excluding carboxylic acids is 1. The molecule has 0 atom stereocenters. The largest absolute Gasteiger partial charge is 0.493 e. The predicted molar refractivity (Wildman–Crippen MR) is 107 cm³/mol. The Hall–Kier alpha value is -4.02. The van der Waals surface area contributed by atoms with Crippen LogP contribution < -0.4 is 14.8 Å². The van der Waals surface area contributed by atoms with E-state index in [0.717, 1.165) is 10.7 Å². The van der Waals surface area contributed by atoms with Crippen LogP contribution in [0, 0.1) is 17.0 Å². The topological polar surface area (TPSA) is 109 Å². The molecular weight excluding hydrogens is 414 g/mol. The molecule has 1 N–H and O–H groups in total. The van der Waals surface area contributed by atoms with E-state index in [2.05, 4.69) is 10.4 Å². The minimum Gasteiger partial charge on any atom is -0.493 e. The average molecular weight is 432 g/mol. The van der Waals surface area contributed by atoms with E-state index in [1.807, 2.05) is 0 Å². The number of amides is 1. The van der Waals surface area contributed by atoms with E-state index in [9.17, 15) is 23.7 Å². The fraction of sp³-hybridized carbons (Fsp3) is 0.200. The summed E-state index contributed by atoms with van der Waals surface area (Å²) in [5, 5.41) is 17.6. The Labute approximate surface area is 175 Å². The molecular formula is C20H18F2N4O5. The Morgan fingerprint density at radius 2 is 1.94 bits per heavy atom. The number of halogens is 2. The molecule has 2 aromatic carbocycles. The van der Waals surface area contributed by atoms with Crippen LogP contribution in [0.3, 0.4) is 0 Å². The van der Waals surface area contributed by atoms with Gasteiger partial charge in [0.05, 0.1) is 29.5 Å². The fourth-order valence-electron chi connectivity index (χ4n) is 2.85. The molecule has 162 valence electrons. The monoisotopic (exact) mass is 432 g/mol. The molecule has 31 heavy (non-hydrogen) atoms. The summed E-state index contributed by atoms with van der Waals surface area (Å²) in [4.78, 5) is 23.0. The van der Waals surface area contributed by atoms with Crippen LogP contribution in [0.15, 0.2) is 48.5 Å². The molecule has 3 aromatic rings. The van der Waals surface area contributed by atoms with Crippen molar-refractivity contribution in [3.05, 3.63) is 70.0 Å². The number of rotatable bonds is 8. The van der Waals surface area contributed by atoms with Gasteiger partial charge in [-0.3, -0.25) is 19.6 Å². The van der Waals surface area contributed by atoms with E-state index in [-0.39, 0.29) is 17.1 Å². The summed E-state index contributed by atoms with van der Waals surface area (Å²) >= 11 is 0. The van der Waals surface area contributed by atoms with Gasteiger partial charge in [-0.1, -0.05) is 12.1 Å². The zero-order chi connectivity index (χ0) is 22.5. The van der Waals surface area contributed by atoms with E-state index in [1.54, 1.807) is 24.3 Å². The van der Waals surface area contributed by atoms with Crippen molar-refractivity contribution < 1.29 is 28.0 Å². The van der Waals surface area contributed by atoms with Crippen molar-refractivity contribution in [2.45, 2.75) is 19.9 Å². The van der Waals surface area contributed by atoms with E-state index in [4.69, 9.17) is 9.47 Å². The lowest BCUT2D eigenvalue weighted by molar-refractivity contribution is -0.384.